The van der Waals surface area contributed by atoms with Crippen LogP contribution >= 0.6 is 0 Å². The largest absolute Gasteiger partial charge is 0.496 e. The summed E-state index contributed by atoms with van der Waals surface area (Å²) in [6.07, 6.45) is -4.59. The molecular formula is C17H15F3N2O3. The molecule has 2 rings (SSSR count). The maximum Gasteiger partial charge on any atom is 0.418 e. The second-order valence-electron chi connectivity index (χ2n) is 4.97. The van der Waals surface area contributed by atoms with Crippen LogP contribution in [0.2, 0.25) is 0 Å². The molecule has 132 valence electrons. The number of benzene rings is 2. The maximum absolute atomic E-state index is 12.9. The molecule has 0 aliphatic carbocycles. The highest BCUT2D eigenvalue weighted by Crippen LogP contribution is 2.34. The van der Waals surface area contributed by atoms with E-state index in [0.717, 1.165) is 12.1 Å². The summed E-state index contributed by atoms with van der Waals surface area (Å²) in [4.78, 5) is 23.9. The fourth-order valence-corrected chi connectivity index (χ4v) is 2.12. The zero-order chi connectivity index (χ0) is 18.4. The van der Waals surface area contributed by atoms with Crippen LogP contribution in [0.4, 0.5) is 18.9 Å². The van der Waals surface area contributed by atoms with Crippen LogP contribution in [0.1, 0.15) is 15.9 Å². The molecule has 0 radical (unpaired) electrons. The molecule has 0 atom stereocenters. The highest BCUT2D eigenvalue weighted by atomic mass is 19.4. The third-order valence-corrected chi connectivity index (χ3v) is 3.27. The Balaban J connectivity index is 2.01. The minimum atomic E-state index is -4.59. The van der Waals surface area contributed by atoms with E-state index in [4.69, 9.17) is 4.74 Å². The normalized spacial score (nSPS) is 10.9. The Morgan fingerprint density at radius 1 is 1.04 bits per heavy atom. The van der Waals surface area contributed by atoms with E-state index in [2.05, 4.69) is 10.6 Å². The predicted molar refractivity (Wildman–Crippen MR) is 85.4 cm³/mol. The molecule has 8 heteroatoms. The molecule has 0 fully saturated rings. The van der Waals surface area contributed by atoms with Gasteiger partial charge in [-0.2, -0.15) is 13.2 Å². The summed E-state index contributed by atoms with van der Waals surface area (Å²) in [5.74, 6) is -1.03. The average molecular weight is 352 g/mol. The van der Waals surface area contributed by atoms with Gasteiger partial charge in [0, 0.05) is 0 Å². The van der Waals surface area contributed by atoms with Gasteiger partial charge in [0.15, 0.2) is 0 Å². The molecule has 2 aromatic carbocycles. The zero-order valence-electron chi connectivity index (χ0n) is 13.2. The zero-order valence-corrected chi connectivity index (χ0v) is 13.2. The van der Waals surface area contributed by atoms with Crippen molar-refractivity contribution in [1.82, 2.24) is 5.32 Å². The molecule has 0 aromatic heterocycles. The summed E-state index contributed by atoms with van der Waals surface area (Å²) >= 11 is 0. The minimum Gasteiger partial charge on any atom is -0.496 e. The fraction of sp³-hybridized carbons (Fsp3) is 0.176. The smallest absolute Gasteiger partial charge is 0.418 e. The second-order valence-corrected chi connectivity index (χ2v) is 4.97. The first kappa shape index (κ1) is 18.3. The van der Waals surface area contributed by atoms with E-state index in [9.17, 15) is 22.8 Å². The monoisotopic (exact) mass is 352 g/mol. The van der Waals surface area contributed by atoms with Crippen molar-refractivity contribution >= 4 is 17.5 Å². The Bertz CT molecular complexity index is 776. The molecule has 0 unspecified atom stereocenters. The van der Waals surface area contributed by atoms with Crippen LogP contribution in [0.3, 0.4) is 0 Å². The van der Waals surface area contributed by atoms with Crippen molar-refractivity contribution < 1.29 is 27.5 Å². The molecule has 2 N–H and O–H groups in total. The van der Waals surface area contributed by atoms with Crippen molar-refractivity contribution in [3.8, 4) is 5.75 Å². The van der Waals surface area contributed by atoms with E-state index >= 15 is 0 Å². The van der Waals surface area contributed by atoms with E-state index in [1.165, 1.54) is 25.3 Å². The Labute approximate surface area is 141 Å². The minimum absolute atomic E-state index is 0.216. The SMILES string of the molecule is COc1ccccc1C(=O)NCC(=O)Nc1ccccc1C(F)(F)F. The number of para-hydroxylation sites is 2. The molecule has 0 saturated heterocycles. The van der Waals surface area contributed by atoms with Crippen LogP contribution in [0.5, 0.6) is 5.75 Å². The Morgan fingerprint density at radius 2 is 1.68 bits per heavy atom. The number of carbonyl (C=O) groups excluding carboxylic acids is 2. The van der Waals surface area contributed by atoms with Crippen molar-refractivity contribution in [2.45, 2.75) is 6.18 Å². The van der Waals surface area contributed by atoms with Gasteiger partial charge in [-0.15, -0.1) is 0 Å². The van der Waals surface area contributed by atoms with Crippen LogP contribution in [-0.2, 0) is 11.0 Å². The third-order valence-electron chi connectivity index (χ3n) is 3.27. The lowest BCUT2D eigenvalue weighted by molar-refractivity contribution is -0.137. The number of ether oxygens (including phenoxy) is 1. The van der Waals surface area contributed by atoms with Crippen LogP contribution in [-0.4, -0.2) is 25.5 Å². The van der Waals surface area contributed by atoms with Gasteiger partial charge in [0.1, 0.15) is 5.75 Å². The van der Waals surface area contributed by atoms with Crippen LogP contribution in [0, 0.1) is 0 Å². The second kappa shape index (κ2) is 7.69. The third kappa shape index (κ3) is 4.72. The molecule has 25 heavy (non-hydrogen) atoms. The lowest BCUT2D eigenvalue weighted by atomic mass is 10.1. The summed E-state index contributed by atoms with van der Waals surface area (Å²) in [5, 5.41) is 4.49. The lowest BCUT2D eigenvalue weighted by Crippen LogP contribution is -2.33. The summed E-state index contributed by atoms with van der Waals surface area (Å²) in [6.45, 7) is -0.483. The Morgan fingerprint density at radius 3 is 2.36 bits per heavy atom. The van der Waals surface area contributed by atoms with E-state index in [0.29, 0.717) is 5.75 Å². The maximum atomic E-state index is 12.9. The van der Waals surface area contributed by atoms with Gasteiger partial charge in [-0.05, 0) is 24.3 Å². The first-order valence-corrected chi connectivity index (χ1v) is 7.20. The van der Waals surface area contributed by atoms with Gasteiger partial charge in [0.2, 0.25) is 5.91 Å². The van der Waals surface area contributed by atoms with Crippen molar-refractivity contribution in [2.24, 2.45) is 0 Å². The summed E-state index contributed by atoms with van der Waals surface area (Å²) in [5.41, 5.74) is -1.11. The number of alkyl halides is 3. The Hall–Kier alpha value is -3.03. The van der Waals surface area contributed by atoms with E-state index in [-0.39, 0.29) is 11.3 Å². The number of nitrogens with one attached hydrogen (secondary N) is 2. The van der Waals surface area contributed by atoms with Crippen LogP contribution < -0.4 is 15.4 Å². The highest BCUT2D eigenvalue weighted by Gasteiger charge is 2.33. The summed E-state index contributed by atoms with van der Waals surface area (Å²) in [6, 6.07) is 11.0. The number of carbonyl (C=O) groups is 2. The van der Waals surface area contributed by atoms with Gasteiger partial charge in [-0.25, -0.2) is 0 Å². The van der Waals surface area contributed by atoms with E-state index < -0.39 is 30.1 Å². The first-order chi connectivity index (χ1) is 11.8. The number of amides is 2. The Kier molecular flexibility index (Phi) is 5.63. The van der Waals surface area contributed by atoms with Crippen molar-refractivity contribution in [3.63, 3.8) is 0 Å². The molecular weight excluding hydrogens is 337 g/mol. The van der Waals surface area contributed by atoms with Gasteiger partial charge >= 0.3 is 6.18 Å². The van der Waals surface area contributed by atoms with Crippen molar-refractivity contribution in [2.75, 3.05) is 19.0 Å². The number of anilines is 1. The van der Waals surface area contributed by atoms with Gasteiger partial charge in [0.05, 0.1) is 30.5 Å². The average Bonchev–Trinajstić information content (AvgIpc) is 2.59. The van der Waals surface area contributed by atoms with E-state index in [1.54, 1.807) is 18.2 Å². The van der Waals surface area contributed by atoms with Gasteiger partial charge < -0.3 is 15.4 Å². The van der Waals surface area contributed by atoms with Crippen LogP contribution in [0.25, 0.3) is 0 Å². The molecule has 5 nitrogen and oxygen atoms in total. The number of hydrogen-bond donors (Lipinski definition) is 2. The fourth-order valence-electron chi connectivity index (χ4n) is 2.12. The number of halogens is 3. The van der Waals surface area contributed by atoms with Crippen molar-refractivity contribution in [3.05, 3.63) is 59.7 Å². The molecule has 0 aliphatic rings. The number of hydrogen-bond acceptors (Lipinski definition) is 3. The summed E-state index contributed by atoms with van der Waals surface area (Å²) < 4.78 is 43.7. The van der Waals surface area contributed by atoms with Crippen LogP contribution in [0.15, 0.2) is 48.5 Å². The number of methoxy groups -OCH3 is 1. The van der Waals surface area contributed by atoms with E-state index in [1.807, 2.05) is 0 Å². The topological polar surface area (TPSA) is 67.4 Å². The molecule has 0 bridgehead atoms. The molecule has 0 heterocycles. The molecule has 2 amide bonds. The number of rotatable bonds is 5. The van der Waals surface area contributed by atoms with Crippen molar-refractivity contribution in [1.29, 1.82) is 0 Å². The molecule has 0 aliphatic heterocycles. The lowest BCUT2D eigenvalue weighted by Gasteiger charge is -2.14. The molecule has 2 aromatic rings. The molecule has 0 saturated carbocycles. The van der Waals surface area contributed by atoms with Gasteiger partial charge in [0.25, 0.3) is 5.91 Å². The standard InChI is InChI=1S/C17H15F3N2O3/c1-25-14-9-5-2-6-11(14)16(24)21-10-15(23)22-13-8-4-3-7-12(13)17(18,19)20/h2-9H,10H2,1H3,(H,21,24)(H,22,23). The quantitative estimate of drug-likeness (QED) is 0.869. The molecule has 0 spiro atoms. The summed E-state index contributed by atoms with van der Waals surface area (Å²) in [7, 11) is 1.40. The predicted octanol–water partition coefficient (Wildman–Crippen LogP) is 3.08. The van der Waals surface area contributed by atoms with Gasteiger partial charge in [-0.3, -0.25) is 9.59 Å². The highest BCUT2D eigenvalue weighted by molar-refractivity contribution is 6.01. The van der Waals surface area contributed by atoms with Gasteiger partial charge in [-0.1, -0.05) is 24.3 Å². The first-order valence-electron chi connectivity index (χ1n) is 7.20.